The Morgan fingerprint density at radius 2 is 1.65 bits per heavy atom. The van der Waals surface area contributed by atoms with Crippen molar-refractivity contribution in [3.8, 4) is 0 Å². The number of amides is 2. The molecule has 23 heavy (non-hydrogen) atoms. The first kappa shape index (κ1) is 15.4. The zero-order chi connectivity index (χ0) is 16.7. The van der Waals surface area contributed by atoms with Crippen LogP contribution in [0.5, 0.6) is 0 Å². The molecule has 0 fully saturated rings. The third-order valence-corrected chi connectivity index (χ3v) is 4.79. The summed E-state index contributed by atoms with van der Waals surface area (Å²) in [5, 5.41) is 11.0. The molecule has 118 valence electrons. The van der Waals surface area contributed by atoms with Crippen LogP contribution in [0.1, 0.15) is 25.8 Å². The monoisotopic (exact) mass is 309 g/mol. The van der Waals surface area contributed by atoms with Crippen LogP contribution in [0.4, 0.5) is 5.69 Å². The Morgan fingerprint density at radius 1 is 1.04 bits per heavy atom. The van der Waals surface area contributed by atoms with E-state index in [1.54, 1.807) is 12.1 Å². The van der Waals surface area contributed by atoms with E-state index >= 15 is 0 Å². The van der Waals surface area contributed by atoms with Crippen LogP contribution in [-0.2, 0) is 15.0 Å². The third kappa shape index (κ3) is 2.45. The number of carbonyl (C=O) groups is 2. The molecule has 3 rings (SSSR count). The highest BCUT2D eigenvalue weighted by Crippen LogP contribution is 2.40. The van der Waals surface area contributed by atoms with Crippen molar-refractivity contribution in [1.82, 2.24) is 0 Å². The molecule has 0 aromatic heterocycles. The molecule has 1 aromatic rings. The molecular weight excluding hydrogens is 290 g/mol. The highest BCUT2D eigenvalue weighted by atomic mass is 16.3. The van der Waals surface area contributed by atoms with Gasteiger partial charge in [0.25, 0.3) is 11.8 Å². The summed E-state index contributed by atoms with van der Waals surface area (Å²) in [4.78, 5) is 24.6. The van der Waals surface area contributed by atoms with E-state index in [1.165, 1.54) is 12.2 Å². The standard InChI is InChI=1S/C19H19NO3/c1-18(2,19(23)12-4-3-5-13-19)14-6-8-15(9-7-14)20-16(21)10-11-17(20)22/h3-12,23H,13H2,1-2H3. The first-order valence-corrected chi connectivity index (χ1v) is 7.59. The fourth-order valence-electron chi connectivity index (χ4n) is 3.00. The lowest BCUT2D eigenvalue weighted by atomic mass is 9.67. The topological polar surface area (TPSA) is 57.6 Å². The molecule has 0 saturated heterocycles. The van der Waals surface area contributed by atoms with Crippen LogP contribution >= 0.6 is 0 Å². The first-order chi connectivity index (χ1) is 10.8. The molecule has 1 unspecified atom stereocenters. The number of allylic oxidation sites excluding steroid dienone is 2. The number of carbonyl (C=O) groups excluding carboxylic acids is 2. The fourth-order valence-corrected chi connectivity index (χ4v) is 3.00. The van der Waals surface area contributed by atoms with Gasteiger partial charge in [0, 0.05) is 17.6 Å². The van der Waals surface area contributed by atoms with Crippen molar-refractivity contribution in [2.24, 2.45) is 0 Å². The van der Waals surface area contributed by atoms with Crippen LogP contribution < -0.4 is 4.90 Å². The molecule has 0 saturated carbocycles. The molecule has 1 aliphatic carbocycles. The van der Waals surface area contributed by atoms with Crippen LogP contribution in [-0.4, -0.2) is 22.5 Å². The minimum Gasteiger partial charge on any atom is -0.385 e. The summed E-state index contributed by atoms with van der Waals surface area (Å²) in [5.74, 6) is -0.665. The molecule has 2 amide bonds. The zero-order valence-electron chi connectivity index (χ0n) is 13.2. The van der Waals surface area contributed by atoms with Crippen LogP contribution in [0.3, 0.4) is 0 Å². The van der Waals surface area contributed by atoms with Crippen LogP contribution in [0.15, 0.2) is 60.7 Å². The number of nitrogens with zero attached hydrogens (tertiary/aromatic N) is 1. The number of rotatable bonds is 3. The van der Waals surface area contributed by atoms with Crippen molar-refractivity contribution in [3.63, 3.8) is 0 Å². The predicted molar refractivity (Wildman–Crippen MR) is 88.9 cm³/mol. The van der Waals surface area contributed by atoms with Gasteiger partial charge in [-0.1, -0.05) is 50.3 Å². The summed E-state index contributed by atoms with van der Waals surface area (Å²) in [5.41, 5.74) is 0.000122. The number of hydrogen-bond acceptors (Lipinski definition) is 3. The Hall–Kier alpha value is -2.46. The maximum atomic E-state index is 11.7. The van der Waals surface area contributed by atoms with E-state index in [9.17, 15) is 14.7 Å². The van der Waals surface area contributed by atoms with Gasteiger partial charge in [0.2, 0.25) is 0 Å². The number of anilines is 1. The van der Waals surface area contributed by atoms with E-state index in [0.29, 0.717) is 12.1 Å². The SMILES string of the molecule is CC(C)(c1ccc(N2C(=O)C=CC2=O)cc1)C1(O)C=CC=CC1. The van der Waals surface area contributed by atoms with Gasteiger partial charge in [0.15, 0.2) is 0 Å². The van der Waals surface area contributed by atoms with Gasteiger partial charge in [-0.3, -0.25) is 9.59 Å². The van der Waals surface area contributed by atoms with Crippen LogP contribution in [0, 0.1) is 0 Å². The predicted octanol–water partition coefficient (Wildman–Crippen LogP) is 2.64. The molecule has 1 N–H and O–H groups in total. The Balaban J connectivity index is 1.90. The second-order valence-corrected chi connectivity index (χ2v) is 6.43. The van der Waals surface area contributed by atoms with Crippen molar-refractivity contribution in [2.45, 2.75) is 31.3 Å². The summed E-state index contributed by atoms with van der Waals surface area (Å²) in [6.45, 7) is 3.97. The van der Waals surface area contributed by atoms with Gasteiger partial charge in [-0.05, 0) is 24.1 Å². The quantitative estimate of drug-likeness (QED) is 0.873. The summed E-state index contributed by atoms with van der Waals surface area (Å²) in [6.07, 6.45) is 10.6. The smallest absolute Gasteiger partial charge is 0.258 e. The van der Waals surface area contributed by atoms with Crippen LogP contribution in [0.25, 0.3) is 0 Å². The number of hydrogen-bond donors (Lipinski definition) is 1. The third-order valence-electron chi connectivity index (χ3n) is 4.79. The first-order valence-electron chi connectivity index (χ1n) is 7.59. The maximum Gasteiger partial charge on any atom is 0.258 e. The minimum atomic E-state index is -0.968. The minimum absolute atomic E-state index is 0.332. The van der Waals surface area contributed by atoms with E-state index in [0.717, 1.165) is 10.5 Å². The van der Waals surface area contributed by atoms with E-state index in [2.05, 4.69) is 0 Å². The van der Waals surface area contributed by atoms with Crippen molar-refractivity contribution < 1.29 is 14.7 Å². The van der Waals surface area contributed by atoms with Crippen molar-refractivity contribution in [3.05, 3.63) is 66.3 Å². The van der Waals surface area contributed by atoms with E-state index < -0.39 is 11.0 Å². The average molecular weight is 309 g/mol. The molecule has 2 aliphatic rings. The molecule has 0 bridgehead atoms. The van der Waals surface area contributed by atoms with E-state index in [1.807, 2.05) is 50.3 Å². The Labute approximate surface area is 135 Å². The summed E-state index contributed by atoms with van der Waals surface area (Å²) in [6, 6.07) is 7.20. The van der Waals surface area contributed by atoms with Gasteiger partial charge >= 0.3 is 0 Å². The normalized spacial score (nSPS) is 23.9. The second kappa shape index (κ2) is 5.32. The maximum absolute atomic E-state index is 11.7. The summed E-state index contributed by atoms with van der Waals surface area (Å²) < 4.78 is 0. The molecule has 1 aromatic carbocycles. The van der Waals surface area contributed by atoms with Crippen LogP contribution in [0.2, 0.25) is 0 Å². The van der Waals surface area contributed by atoms with Crippen molar-refractivity contribution in [2.75, 3.05) is 4.90 Å². The van der Waals surface area contributed by atoms with Gasteiger partial charge in [-0.2, -0.15) is 0 Å². The lowest BCUT2D eigenvalue weighted by Gasteiger charge is -2.41. The summed E-state index contributed by atoms with van der Waals surface area (Å²) in [7, 11) is 0. The molecule has 1 aliphatic heterocycles. The Morgan fingerprint density at radius 3 is 2.17 bits per heavy atom. The van der Waals surface area contributed by atoms with Gasteiger partial charge in [-0.25, -0.2) is 4.90 Å². The highest BCUT2D eigenvalue weighted by molar-refractivity contribution is 6.28. The number of imide groups is 1. The lowest BCUT2D eigenvalue weighted by Crippen LogP contribution is -2.46. The average Bonchev–Trinajstić information content (AvgIpc) is 2.87. The molecule has 1 atom stereocenters. The number of benzene rings is 1. The lowest BCUT2D eigenvalue weighted by molar-refractivity contribution is -0.119. The zero-order valence-corrected chi connectivity index (χ0v) is 13.2. The number of aliphatic hydroxyl groups is 1. The Bertz CT molecular complexity index is 722. The van der Waals surface area contributed by atoms with Crippen molar-refractivity contribution in [1.29, 1.82) is 0 Å². The highest BCUT2D eigenvalue weighted by Gasteiger charge is 2.42. The van der Waals surface area contributed by atoms with Gasteiger partial charge in [-0.15, -0.1) is 0 Å². The molecule has 4 heteroatoms. The van der Waals surface area contributed by atoms with Gasteiger partial charge in [0.1, 0.15) is 0 Å². The van der Waals surface area contributed by atoms with E-state index in [-0.39, 0.29) is 11.8 Å². The van der Waals surface area contributed by atoms with Crippen molar-refractivity contribution >= 4 is 17.5 Å². The van der Waals surface area contributed by atoms with Gasteiger partial charge < -0.3 is 5.11 Å². The Kier molecular flexibility index (Phi) is 3.57. The van der Waals surface area contributed by atoms with Gasteiger partial charge in [0.05, 0.1) is 11.3 Å². The molecule has 0 spiro atoms. The second-order valence-electron chi connectivity index (χ2n) is 6.43. The molecule has 1 heterocycles. The summed E-state index contributed by atoms with van der Waals surface area (Å²) >= 11 is 0. The van der Waals surface area contributed by atoms with E-state index in [4.69, 9.17) is 0 Å². The molecule has 4 nitrogen and oxygen atoms in total. The molecule has 0 radical (unpaired) electrons. The fraction of sp³-hybridized carbons (Fsp3) is 0.263. The molecular formula is C19H19NO3. The largest absolute Gasteiger partial charge is 0.385 e.